The number of hydrogen-bond acceptors (Lipinski definition) is 5. The second-order valence-corrected chi connectivity index (χ2v) is 7.21. The van der Waals surface area contributed by atoms with Crippen LogP contribution in [0.4, 0.5) is 10.5 Å². The lowest BCUT2D eigenvalue weighted by molar-refractivity contribution is -0.113. The van der Waals surface area contributed by atoms with Crippen LogP contribution in [0, 0.1) is 6.92 Å². The first-order chi connectivity index (χ1) is 14.8. The fourth-order valence-electron chi connectivity index (χ4n) is 3.48. The Morgan fingerprint density at radius 2 is 1.55 bits per heavy atom. The number of urea groups is 1. The van der Waals surface area contributed by atoms with Crippen LogP contribution in [-0.4, -0.2) is 45.2 Å². The van der Waals surface area contributed by atoms with Crippen molar-refractivity contribution < 1.29 is 23.8 Å². The Hall–Kier alpha value is -3.68. The summed E-state index contributed by atoms with van der Waals surface area (Å²) in [5.41, 5.74) is 3.26. The molecule has 3 rings (SSSR count). The normalized spacial score (nSPS) is 16.0. The van der Waals surface area contributed by atoms with Crippen LogP contribution < -0.4 is 24.8 Å². The lowest BCUT2D eigenvalue weighted by atomic mass is 9.93. The van der Waals surface area contributed by atoms with Crippen LogP contribution in [0.2, 0.25) is 0 Å². The third-order valence-electron chi connectivity index (χ3n) is 5.35. The van der Waals surface area contributed by atoms with Gasteiger partial charge < -0.3 is 29.7 Å². The minimum absolute atomic E-state index is 0.324. The van der Waals surface area contributed by atoms with Gasteiger partial charge in [-0.2, -0.15) is 0 Å². The second-order valence-electron chi connectivity index (χ2n) is 7.21. The molecule has 3 amide bonds. The molecular formula is C23H27N3O5. The molecule has 2 aromatic carbocycles. The molecule has 0 fully saturated rings. The Balaban J connectivity index is 2.10. The van der Waals surface area contributed by atoms with E-state index in [9.17, 15) is 9.59 Å². The first-order valence-electron chi connectivity index (χ1n) is 9.73. The molecule has 0 spiro atoms. The van der Waals surface area contributed by atoms with Crippen molar-refractivity contribution in [2.24, 2.45) is 0 Å². The molecule has 0 saturated carbocycles. The van der Waals surface area contributed by atoms with Gasteiger partial charge in [-0.1, -0.05) is 17.7 Å². The molecule has 0 saturated heterocycles. The average Bonchev–Trinajstić information content (AvgIpc) is 2.77. The van der Waals surface area contributed by atoms with E-state index in [2.05, 4.69) is 10.6 Å². The smallest absolute Gasteiger partial charge is 0.322 e. The van der Waals surface area contributed by atoms with Crippen LogP contribution >= 0.6 is 0 Å². The van der Waals surface area contributed by atoms with Gasteiger partial charge >= 0.3 is 6.03 Å². The van der Waals surface area contributed by atoms with Crippen molar-refractivity contribution in [1.29, 1.82) is 0 Å². The molecule has 0 aromatic heterocycles. The number of allylic oxidation sites excluding steroid dienone is 1. The number of nitrogens with one attached hydrogen (secondary N) is 2. The molecule has 0 bridgehead atoms. The maximum atomic E-state index is 13.3. The zero-order chi connectivity index (χ0) is 22.7. The molecular weight excluding hydrogens is 398 g/mol. The van der Waals surface area contributed by atoms with Gasteiger partial charge in [-0.05, 0) is 32.0 Å². The largest absolute Gasteiger partial charge is 0.496 e. The Labute approximate surface area is 181 Å². The van der Waals surface area contributed by atoms with Crippen LogP contribution in [0.1, 0.15) is 24.1 Å². The van der Waals surface area contributed by atoms with Gasteiger partial charge in [-0.3, -0.25) is 4.79 Å². The Morgan fingerprint density at radius 1 is 0.968 bits per heavy atom. The lowest BCUT2D eigenvalue weighted by Crippen LogP contribution is -2.46. The van der Waals surface area contributed by atoms with E-state index in [1.54, 1.807) is 26.1 Å². The number of hydrogen-bond donors (Lipinski definition) is 2. The van der Waals surface area contributed by atoms with Crippen LogP contribution in [-0.2, 0) is 4.79 Å². The number of rotatable bonds is 6. The van der Waals surface area contributed by atoms with Crippen molar-refractivity contribution in [3.8, 4) is 17.2 Å². The maximum Gasteiger partial charge on any atom is 0.322 e. The van der Waals surface area contributed by atoms with E-state index in [0.29, 0.717) is 39.8 Å². The van der Waals surface area contributed by atoms with Crippen LogP contribution in [0.3, 0.4) is 0 Å². The van der Waals surface area contributed by atoms with Gasteiger partial charge in [0.15, 0.2) is 11.5 Å². The number of amides is 3. The highest BCUT2D eigenvalue weighted by atomic mass is 16.5. The summed E-state index contributed by atoms with van der Waals surface area (Å²) in [5, 5.41) is 5.82. The van der Waals surface area contributed by atoms with E-state index < -0.39 is 6.04 Å². The highest BCUT2D eigenvalue weighted by Crippen LogP contribution is 2.41. The summed E-state index contributed by atoms with van der Waals surface area (Å²) in [5.74, 6) is 1.08. The van der Waals surface area contributed by atoms with E-state index in [1.807, 2.05) is 31.2 Å². The number of ether oxygens (including phenoxy) is 3. The highest BCUT2D eigenvalue weighted by Gasteiger charge is 2.36. The van der Waals surface area contributed by atoms with Gasteiger partial charge in [-0.25, -0.2) is 4.79 Å². The summed E-state index contributed by atoms with van der Waals surface area (Å²) in [7, 11) is 6.18. The highest BCUT2D eigenvalue weighted by molar-refractivity contribution is 6.06. The Kier molecular flexibility index (Phi) is 6.39. The first kappa shape index (κ1) is 22.0. The fourth-order valence-corrected chi connectivity index (χ4v) is 3.48. The summed E-state index contributed by atoms with van der Waals surface area (Å²) >= 11 is 0. The van der Waals surface area contributed by atoms with Crippen LogP contribution in [0.5, 0.6) is 17.2 Å². The number of nitrogens with zero attached hydrogens (tertiary/aromatic N) is 1. The van der Waals surface area contributed by atoms with Gasteiger partial charge in [-0.15, -0.1) is 0 Å². The van der Waals surface area contributed by atoms with Crippen molar-refractivity contribution in [3.05, 3.63) is 58.8 Å². The van der Waals surface area contributed by atoms with Crippen molar-refractivity contribution in [2.75, 3.05) is 33.7 Å². The lowest BCUT2D eigenvalue weighted by Gasteiger charge is -2.34. The third-order valence-corrected chi connectivity index (χ3v) is 5.35. The molecule has 0 aliphatic carbocycles. The van der Waals surface area contributed by atoms with Crippen molar-refractivity contribution in [3.63, 3.8) is 0 Å². The fraction of sp³-hybridized carbons (Fsp3) is 0.304. The second kappa shape index (κ2) is 8.99. The quantitative estimate of drug-likeness (QED) is 0.738. The standard InChI is InChI=1S/C23H27N3O5/c1-13-7-9-15(10-8-13)24-22(27)20-14(2)26(3)23(28)25-21(20)16-11-18(30-5)19(31-6)12-17(16)29-4/h7-12,21H,1-6H3,(H,24,27)(H,25,28). The molecule has 2 N–H and O–H groups in total. The van der Waals surface area contributed by atoms with Gasteiger partial charge in [0, 0.05) is 30.1 Å². The molecule has 164 valence electrons. The summed E-state index contributed by atoms with van der Waals surface area (Å²) in [6.07, 6.45) is 0. The topological polar surface area (TPSA) is 89.1 Å². The molecule has 1 unspecified atom stereocenters. The average molecular weight is 425 g/mol. The number of carbonyl (C=O) groups is 2. The number of carbonyl (C=O) groups excluding carboxylic acids is 2. The van der Waals surface area contributed by atoms with Gasteiger partial charge in [0.1, 0.15) is 5.75 Å². The Morgan fingerprint density at radius 3 is 2.13 bits per heavy atom. The summed E-state index contributed by atoms with van der Waals surface area (Å²) < 4.78 is 16.3. The molecule has 1 atom stereocenters. The van der Waals surface area contributed by atoms with E-state index in [0.717, 1.165) is 5.56 Å². The molecule has 8 nitrogen and oxygen atoms in total. The molecule has 0 radical (unpaired) electrons. The molecule has 1 heterocycles. The van der Waals surface area contributed by atoms with E-state index in [4.69, 9.17) is 14.2 Å². The summed E-state index contributed by atoms with van der Waals surface area (Å²) in [4.78, 5) is 27.3. The molecule has 31 heavy (non-hydrogen) atoms. The first-order valence-corrected chi connectivity index (χ1v) is 9.73. The third kappa shape index (κ3) is 4.28. The van der Waals surface area contributed by atoms with Gasteiger partial charge in [0.2, 0.25) is 0 Å². The number of aryl methyl sites for hydroxylation is 1. The van der Waals surface area contributed by atoms with Gasteiger partial charge in [0.05, 0.1) is 32.9 Å². The van der Waals surface area contributed by atoms with Crippen molar-refractivity contribution in [2.45, 2.75) is 19.9 Å². The Bertz CT molecular complexity index is 1030. The minimum atomic E-state index is -0.746. The van der Waals surface area contributed by atoms with E-state index in [1.165, 1.54) is 26.2 Å². The van der Waals surface area contributed by atoms with Crippen LogP contribution in [0.25, 0.3) is 0 Å². The number of methoxy groups -OCH3 is 3. The van der Waals surface area contributed by atoms with E-state index in [-0.39, 0.29) is 11.9 Å². The molecule has 2 aromatic rings. The SMILES string of the molecule is COc1cc(OC)c(C2NC(=O)N(C)C(C)=C2C(=O)Nc2ccc(C)cc2)cc1OC. The summed E-state index contributed by atoms with van der Waals surface area (Å²) in [6.45, 7) is 3.71. The monoisotopic (exact) mass is 425 g/mol. The molecule has 1 aliphatic rings. The predicted octanol–water partition coefficient (Wildman–Crippen LogP) is 3.63. The van der Waals surface area contributed by atoms with Gasteiger partial charge in [0.25, 0.3) is 5.91 Å². The minimum Gasteiger partial charge on any atom is -0.496 e. The predicted molar refractivity (Wildman–Crippen MR) is 118 cm³/mol. The molecule has 1 aliphatic heterocycles. The number of benzene rings is 2. The summed E-state index contributed by atoms with van der Waals surface area (Å²) in [6, 6.07) is 9.81. The zero-order valence-corrected chi connectivity index (χ0v) is 18.5. The molecule has 8 heteroatoms. The number of anilines is 1. The zero-order valence-electron chi connectivity index (χ0n) is 18.5. The van der Waals surface area contributed by atoms with Crippen LogP contribution in [0.15, 0.2) is 47.7 Å². The maximum absolute atomic E-state index is 13.3. The van der Waals surface area contributed by atoms with Crippen molar-refractivity contribution >= 4 is 17.6 Å². The van der Waals surface area contributed by atoms with E-state index >= 15 is 0 Å². The van der Waals surface area contributed by atoms with Crippen molar-refractivity contribution in [1.82, 2.24) is 10.2 Å².